The van der Waals surface area contributed by atoms with Crippen molar-refractivity contribution in [1.29, 1.82) is 0 Å². The topological polar surface area (TPSA) is 38.4 Å². The van der Waals surface area contributed by atoms with Gasteiger partial charge in [-0.1, -0.05) is 24.3 Å². The van der Waals surface area contributed by atoms with Gasteiger partial charge in [0, 0.05) is 5.56 Å². The predicted molar refractivity (Wildman–Crippen MR) is 74.0 cm³/mol. The van der Waals surface area contributed by atoms with Crippen LogP contribution in [-0.2, 0) is 6.42 Å². The summed E-state index contributed by atoms with van der Waals surface area (Å²) in [5.74, 6) is -4.36. The van der Waals surface area contributed by atoms with Gasteiger partial charge >= 0.3 is 12.3 Å². The molecule has 1 aromatic carbocycles. The summed E-state index contributed by atoms with van der Waals surface area (Å²) in [5.41, 5.74) is 5.28. The molecule has 0 amide bonds. The quantitative estimate of drug-likeness (QED) is 0.852. The van der Waals surface area contributed by atoms with Crippen LogP contribution in [0.25, 0.3) is 0 Å². The van der Waals surface area contributed by atoms with Crippen molar-refractivity contribution in [2.75, 3.05) is 0 Å². The molecular formula is C15H16F4N2. The fourth-order valence-electron chi connectivity index (χ4n) is 2.30. The Bertz CT molecular complexity index is 603. The highest BCUT2D eigenvalue weighted by atomic mass is 19.3. The molecule has 0 fully saturated rings. The first-order chi connectivity index (χ1) is 9.63. The molecule has 0 spiro atoms. The summed E-state index contributed by atoms with van der Waals surface area (Å²) in [4.78, 5) is 4.35. The van der Waals surface area contributed by atoms with Crippen LogP contribution in [0.1, 0.15) is 25.0 Å². The van der Waals surface area contributed by atoms with E-state index in [0.29, 0.717) is 12.0 Å². The molecule has 0 radical (unpaired) electrons. The number of nitrogens with two attached hydrogens (primary N) is 1. The van der Waals surface area contributed by atoms with Crippen LogP contribution in [-0.4, -0.2) is 23.6 Å². The van der Waals surface area contributed by atoms with Gasteiger partial charge in [0.25, 0.3) is 0 Å². The first-order valence-electron chi connectivity index (χ1n) is 6.45. The van der Waals surface area contributed by atoms with Crippen molar-refractivity contribution in [3.63, 3.8) is 0 Å². The molecule has 0 aliphatic carbocycles. The van der Waals surface area contributed by atoms with Gasteiger partial charge in [0.1, 0.15) is 0 Å². The second-order valence-electron chi connectivity index (χ2n) is 5.67. The Morgan fingerprint density at radius 1 is 1.33 bits per heavy atom. The molecule has 0 unspecified atom stereocenters. The van der Waals surface area contributed by atoms with Gasteiger partial charge in [-0.2, -0.15) is 8.78 Å². The number of aliphatic imine (C=N–C) groups is 1. The summed E-state index contributed by atoms with van der Waals surface area (Å²) in [6, 6.07) is 7.15. The summed E-state index contributed by atoms with van der Waals surface area (Å²) in [5, 5.41) is 0. The van der Waals surface area contributed by atoms with Gasteiger partial charge < -0.3 is 5.73 Å². The fourth-order valence-corrected chi connectivity index (χ4v) is 2.30. The van der Waals surface area contributed by atoms with E-state index >= 15 is 0 Å². The van der Waals surface area contributed by atoms with Crippen molar-refractivity contribution in [2.24, 2.45) is 10.7 Å². The number of hydrogen-bond acceptors (Lipinski definition) is 2. The maximum absolute atomic E-state index is 13.3. The molecule has 1 aliphatic heterocycles. The van der Waals surface area contributed by atoms with E-state index < -0.39 is 23.6 Å². The molecule has 0 aromatic heterocycles. The molecule has 114 valence electrons. The highest BCUT2D eigenvalue weighted by molar-refractivity contribution is 6.11. The van der Waals surface area contributed by atoms with E-state index in [1.807, 2.05) is 26.0 Å². The Balaban J connectivity index is 2.49. The zero-order valence-electron chi connectivity index (χ0n) is 11.7. The number of nitrogens with zero attached hydrogens (tertiary/aromatic N) is 1. The minimum absolute atomic E-state index is 0.208. The summed E-state index contributed by atoms with van der Waals surface area (Å²) in [6.07, 6.45) is -2.35. The Labute approximate surface area is 120 Å². The van der Waals surface area contributed by atoms with E-state index in [1.54, 1.807) is 12.1 Å². The molecule has 21 heavy (non-hydrogen) atoms. The zero-order chi connectivity index (χ0) is 15.8. The smallest absolute Gasteiger partial charge is 0.346 e. The molecule has 2 rings (SSSR count). The Morgan fingerprint density at radius 3 is 2.57 bits per heavy atom. The number of allylic oxidation sites excluding steroid dienone is 2. The Hall–Kier alpha value is -1.85. The third-order valence-corrected chi connectivity index (χ3v) is 3.29. The summed E-state index contributed by atoms with van der Waals surface area (Å²) in [7, 11) is 0. The Kier molecular flexibility index (Phi) is 3.82. The average Bonchev–Trinajstić information content (AvgIpc) is 2.37. The average molecular weight is 300 g/mol. The third kappa shape index (κ3) is 3.09. The van der Waals surface area contributed by atoms with Gasteiger partial charge in [-0.3, -0.25) is 4.99 Å². The highest BCUT2D eigenvalue weighted by Crippen LogP contribution is 2.31. The minimum Gasteiger partial charge on any atom is -0.397 e. The molecule has 0 saturated carbocycles. The lowest BCUT2D eigenvalue weighted by atomic mass is 9.86. The lowest BCUT2D eigenvalue weighted by Crippen LogP contribution is -2.35. The van der Waals surface area contributed by atoms with E-state index in [4.69, 9.17) is 5.73 Å². The second kappa shape index (κ2) is 5.16. The van der Waals surface area contributed by atoms with E-state index in [2.05, 4.69) is 4.99 Å². The van der Waals surface area contributed by atoms with E-state index in [9.17, 15) is 17.6 Å². The maximum Gasteiger partial charge on any atom is 0.346 e. The molecule has 2 N–H and O–H groups in total. The van der Waals surface area contributed by atoms with E-state index in [1.165, 1.54) is 0 Å². The van der Waals surface area contributed by atoms with Crippen LogP contribution in [0.15, 0.2) is 41.0 Å². The van der Waals surface area contributed by atoms with Crippen LogP contribution in [0.2, 0.25) is 0 Å². The van der Waals surface area contributed by atoms with E-state index in [0.717, 1.165) is 11.6 Å². The van der Waals surface area contributed by atoms with E-state index in [-0.39, 0.29) is 5.71 Å². The normalized spacial score (nSPS) is 18.4. The molecule has 0 bridgehead atoms. The van der Waals surface area contributed by atoms with Gasteiger partial charge in [0.2, 0.25) is 0 Å². The van der Waals surface area contributed by atoms with Gasteiger partial charge in [0.15, 0.2) is 0 Å². The molecule has 6 heteroatoms. The lowest BCUT2D eigenvalue weighted by Gasteiger charge is -2.28. The second-order valence-corrected chi connectivity index (χ2v) is 5.67. The SMILES string of the molecule is CC1(C)Cc2ccccc2C(/C=C(\N)C(F)(F)C(F)F)=N1. The minimum atomic E-state index is -4.36. The molecule has 2 nitrogen and oxygen atoms in total. The van der Waals surface area contributed by atoms with Crippen molar-refractivity contribution in [1.82, 2.24) is 0 Å². The fraction of sp³-hybridized carbons (Fsp3) is 0.400. The predicted octanol–water partition coefficient (Wildman–Crippen LogP) is 3.55. The van der Waals surface area contributed by atoms with Crippen LogP contribution < -0.4 is 5.73 Å². The number of rotatable bonds is 3. The molecule has 1 heterocycles. The first-order valence-corrected chi connectivity index (χ1v) is 6.45. The maximum atomic E-state index is 13.3. The van der Waals surface area contributed by atoms with Crippen molar-refractivity contribution >= 4 is 5.71 Å². The van der Waals surface area contributed by atoms with Crippen LogP contribution in [0.5, 0.6) is 0 Å². The summed E-state index contributed by atoms with van der Waals surface area (Å²) >= 11 is 0. The zero-order valence-corrected chi connectivity index (χ0v) is 11.7. The number of fused-ring (bicyclic) bond motifs is 1. The van der Waals surface area contributed by atoms with Crippen molar-refractivity contribution in [2.45, 2.75) is 38.2 Å². The van der Waals surface area contributed by atoms with Gasteiger partial charge in [-0.05, 0) is 31.9 Å². The molecular weight excluding hydrogens is 284 g/mol. The first kappa shape index (κ1) is 15.5. The van der Waals surface area contributed by atoms with Crippen molar-refractivity contribution in [3.8, 4) is 0 Å². The number of benzene rings is 1. The summed E-state index contributed by atoms with van der Waals surface area (Å²) in [6.45, 7) is 3.69. The highest BCUT2D eigenvalue weighted by Gasteiger charge is 2.44. The van der Waals surface area contributed by atoms with Gasteiger partial charge in [-0.25, -0.2) is 8.78 Å². The van der Waals surface area contributed by atoms with Crippen molar-refractivity contribution in [3.05, 3.63) is 47.2 Å². The Morgan fingerprint density at radius 2 is 1.95 bits per heavy atom. The molecule has 0 saturated heterocycles. The molecule has 0 atom stereocenters. The third-order valence-electron chi connectivity index (χ3n) is 3.29. The van der Waals surface area contributed by atoms with Crippen LogP contribution in [0, 0.1) is 0 Å². The van der Waals surface area contributed by atoms with Crippen molar-refractivity contribution < 1.29 is 17.6 Å². The van der Waals surface area contributed by atoms with Crippen LogP contribution >= 0.6 is 0 Å². The van der Waals surface area contributed by atoms with Gasteiger partial charge in [-0.15, -0.1) is 0 Å². The largest absolute Gasteiger partial charge is 0.397 e. The number of hydrogen-bond donors (Lipinski definition) is 1. The standard InChI is InChI=1S/C15H16F4N2/c1-14(2)8-9-5-3-4-6-10(9)11(21-14)7-12(20)15(18,19)13(16)17/h3-7,13H,8,20H2,1-2H3/b12-7-. The molecule has 1 aromatic rings. The number of halogens is 4. The number of alkyl halides is 4. The monoisotopic (exact) mass is 300 g/mol. The summed E-state index contributed by atoms with van der Waals surface area (Å²) < 4.78 is 51.2. The van der Waals surface area contributed by atoms with Crippen LogP contribution in [0.4, 0.5) is 17.6 Å². The lowest BCUT2D eigenvalue weighted by molar-refractivity contribution is -0.100. The van der Waals surface area contributed by atoms with Crippen LogP contribution in [0.3, 0.4) is 0 Å². The molecule has 1 aliphatic rings. The van der Waals surface area contributed by atoms with Gasteiger partial charge in [0.05, 0.1) is 16.9 Å².